The Labute approximate surface area is 141 Å². The summed E-state index contributed by atoms with van der Waals surface area (Å²) in [5.41, 5.74) is 2.12. The van der Waals surface area contributed by atoms with Crippen LogP contribution in [0, 0.1) is 17.8 Å². The maximum absolute atomic E-state index is 12.7. The van der Waals surface area contributed by atoms with Gasteiger partial charge in [0.05, 0.1) is 5.56 Å². The third kappa shape index (κ3) is 3.23. The number of nitrogens with one attached hydrogen (secondary N) is 1. The Balaban J connectivity index is 1.56. The quantitative estimate of drug-likeness (QED) is 0.867. The van der Waals surface area contributed by atoms with Crippen LogP contribution in [0.2, 0.25) is 0 Å². The van der Waals surface area contributed by atoms with Gasteiger partial charge in [-0.3, -0.25) is 9.59 Å². The number of carbonyl (C=O) groups excluding carboxylic acids is 2. The molecule has 0 bridgehead atoms. The maximum atomic E-state index is 12.7. The van der Waals surface area contributed by atoms with Gasteiger partial charge >= 0.3 is 0 Å². The van der Waals surface area contributed by atoms with Crippen LogP contribution in [0.1, 0.15) is 64.7 Å². The minimum absolute atomic E-state index is 0.0722. The van der Waals surface area contributed by atoms with Gasteiger partial charge in [0.1, 0.15) is 5.78 Å². The van der Waals surface area contributed by atoms with Crippen molar-refractivity contribution < 1.29 is 9.59 Å². The first-order chi connectivity index (χ1) is 11.1. The average Bonchev–Trinajstić information content (AvgIpc) is 3.44. The summed E-state index contributed by atoms with van der Waals surface area (Å²) in [5, 5.41) is 3.12. The molecule has 0 spiro atoms. The number of thiophene rings is 1. The fraction of sp³-hybridized carbons (Fsp3) is 0.684. The second kappa shape index (κ2) is 6.04. The van der Waals surface area contributed by atoms with Crippen LogP contribution in [0.5, 0.6) is 0 Å². The fourth-order valence-corrected chi connectivity index (χ4v) is 5.12. The zero-order valence-corrected chi connectivity index (χ0v) is 14.6. The van der Waals surface area contributed by atoms with E-state index in [1.165, 1.54) is 36.1 Å². The van der Waals surface area contributed by atoms with Crippen LogP contribution in [-0.2, 0) is 24.1 Å². The molecule has 23 heavy (non-hydrogen) atoms. The van der Waals surface area contributed by atoms with Gasteiger partial charge in [0.2, 0.25) is 0 Å². The van der Waals surface area contributed by atoms with E-state index in [1.54, 1.807) is 11.3 Å². The van der Waals surface area contributed by atoms with Crippen LogP contribution in [0.15, 0.2) is 0 Å². The maximum Gasteiger partial charge on any atom is 0.252 e. The van der Waals surface area contributed by atoms with Crippen molar-refractivity contribution in [1.29, 1.82) is 0 Å². The first kappa shape index (κ1) is 15.4. The number of hydrogen-bond acceptors (Lipinski definition) is 3. The second-order valence-corrected chi connectivity index (χ2v) is 8.81. The molecule has 2 saturated carbocycles. The number of Topliss-reactive ketones (excluding diaryl/α,β-unsaturated/α-hetero) is 1. The summed E-state index contributed by atoms with van der Waals surface area (Å²) < 4.78 is 0. The first-order valence-electron chi connectivity index (χ1n) is 9.07. The Morgan fingerprint density at radius 2 is 1.96 bits per heavy atom. The molecule has 0 aromatic carbocycles. The molecule has 4 heteroatoms. The van der Waals surface area contributed by atoms with Gasteiger partial charge in [-0.15, -0.1) is 11.3 Å². The normalized spacial score (nSPS) is 25.8. The molecule has 1 aromatic heterocycles. The molecule has 0 radical (unpaired) electrons. The Morgan fingerprint density at radius 3 is 2.65 bits per heavy atom. The van der Waals surface area contributed by atoms with Crippen molar-refractivity contribution in [3.8, 4) is 0 Å². The molecule has 1 aromatic rings. The van der Waals surface area contributed by atoms with Crippen molar-refractivity contribution in [2.45, 2.75) is 58.3 Å². The highest BCUT2D eigenvalue weighted by molar-refractivity contribution is 7.12. The molecule has 3 aliphatic carbocycles. The molecule has 1 amide bonds. The summed E-state index contributed by atoms with van der Waals surface area (Å²) in [5.74, 6) is 1.89. The number of amides is 1. The second-order valence-electron chi connectivity index (χ2n) is 7.63. The molecular weight excluding hydrogens is 306 g/mol. The summed E-state index contributed by atoms with van der Waals surface area (Å²) in [6.45, 7) is 2.95. The van der Waals surface area contributed by atoms with Crippen molar-refractivity contribution in [2.75, 3.05) is 6.54 Å². The Morgan fingerprint density at radius 1 is 1.22 bits per heavy atom. The molecule has 2 fully saturated rings. The fourth-order valence-electron chi connectivity index (χ4n) is 3.72. The Hall–Kier alpha value is -1.16. The van der Waals surface area contributed by atoms with Gasteiger partial charge in [-0.05, 0) is 62.3 Å². The zero-order valence-electron chi connectivity index (χ0n) is 13.8. The molecular formula is C19H25NO2S. The van der Waals surface area contributed by atoms with Gasteiger partial charge in [0.25, 0.3) is 5.91 Å². The lowest BCUT2D eigenvalue weighted by molar-refractivity contribution is -0.119. The molecule has 2 atom stereocenters. The minimum atomic E-state index is 0.0722. The van der Waals surface area contributed by atoms with Gasteiger partial charge in [0, 0.05) is 28.6 Å². The molecule has 1 heterocycles. The van der Waals surface area contributed by atoms with Crippen molar-refractivity contribution in [3.63, 3.8) is 0 Å². The first-order valence-corrected chi connectivity index (χ1v) is 9.89. The predicted molar refractivity (Wildman–Crippen MR) is 92.0 cm³/mol. The van der Waals surface area contributed by atoms with Gasteiger partial charge in [-0.25, -0.2) is 0 Å². The van der Waals surface area contributed by atoms with Crippen LogP contribution in [0.25, 0.3) is 0 Å². The molecule has 124 valence electrons. The zero-order chi connectivity index (χ0) is 16.0. The van der Waals surface area contributed by atoms with E-state index in [9.17, 15) is 9.59 Å². The van der Waals surface area contributed by atoms with E-state index in [4.69, 9.17) is 0 Å². The summed E-state index contributed by atoms with van der Waals surface area (Å²) in [6, 6.07) is 0. The van der Waals surface area contributed by atoms with E-state index in [0.29, 0.717) is 24.0 Å². The van der Waals surface area contributed by atoms with Crippen molar-refractivity contribution in [3.05, 3.63) is 20.9 Å². The van der Waals surface area contributed by atoms with E-state index < -0.39 is 0 Å². The molecule has 3 nitrogen and oxygen atoms in total. The molecule has 3 aliphatic rings. The summed E-state index contributed by atoms with van der Waals surface area (Å²) in [4.78, 5) is 27.6. The highest BCUT2D eigenvalue weighted by Crippen LogP contribution is 2.41. The highest BCUT2D eigenvalue weighted by atomic mass is 32.1. The standard InChI is InChI=1S/C19H25NO2S/c1-11-8-14(11)15(21)9-17-18(19(22)20-10-12-6-7-12)13-4-2-3-5-16(13)23-17/h11-12,14H,2-10H2,1H3,(H,20,22)/t11-,14-/m1/s1. The third-order valence-corrected chi connectivity index (χ3v) is 6.87. The topological polar surface area (TPSA) is 46.2 Å². The monoisotopic (exact) mass is 331 g/mol. The molecule has 0 saturated heterocycles. The van der Waals surface area contributed by atoms with E-state index in [0.717, 1.165) is 36.2 Å². The number of fused-ring (bicyclic) bond motifs is 1. The van der Waals surface area contributed by atoms with Crippen LogP contribution in [0.3, 0.4) is 0 Å². The van der Waals surface area contributed by atoms with Crippen molar-refractivity contribution >= 4 is 23.0 Å². The van der Waals surface area contributed by atoms with Crippen LogP contribution in [0.4, 0.5) is 0 Å². The van der Waals surface area contributed by atoms with Crippen LogP contribution < -0.4 is 5.32 Å². The van der Waals surface area contributed by atoms with Crippen LogP contribution in [-0.4, -0.2) is 18.2 Å². The van der Waals surface area contributed by atoms with Gasteiger partial charge in [0.15, 0.2) is 0 Å². The lowest BCUT2D eigenvalue weighted by Gasteiger charge is -2.13. The largest absolute Gasteiger partial charge is 0.352 e. The van der Waals surface area contributed by atoms with Gasteiger partial charge < -0.3 is 5.32 Å². The third-order valence-electron chi connectivity index (χ3n) is 5.58. The lowest BCUT2D eigenvalue weighted by Crippen LogP contribution is -2.27. The SMILES string of the molecule is C[C@@H]1C[C@H]1C(=O)Cc1sc2c(c1C(=O)NCC1CC1)CCCC2. The predicted octanol–water partition coefficient (Wildman–Crippen LogP) is 3.53. The number of hydrogen-bond donors (Lipinski definition) is 1. The number of ketones is 1. The molecule has 1 N–H and O–H groups in total. The summed E-state index contributed by atoms with van der Waals surface area (Å²) >= 11 is 1.73. The van der Waals surface area contributed by atoms with Crippen molar-refractivity contribution in [2.24, 2.45) is 17.8 Å². The van der Waals surface area contributed by atoms with Crippen LogP contribution >= 0.6 is 11.3 Å². The number of rotatable bonds is 6. The Kier molecular flexibility index (Phi) is 4.04. The lowest BCUT2D eigenvalue weighted by atomic mass is 9.93. The molecule has 4 rings (SSSR count). The molecule has 0 aliphatic heterocycles. The van der Waals surface area contributed by atoms with Gasteiger partial charge in [-0.1, -0.05) is 6.92 Å². The molecule has 0 unspecified atom stereocenters. The smallest absolute Gasteiger partial charge is 0.252 e. The minimum Gasteiger partial charge on any atom is -0.352 e. The number of aryl methyl sites for hydroxylation is 1. The van der Waals surface area contributed by atoms with E-state index in [2.05, 4.69) is 12.2 Å². The summed E-state index contributed by atoms with van der Waals surface area (Å²) in [6.07, 6.45) is 8.46. The van der Waals surface area contributed by atoms with E-state index in [-0.39, 0.29) is 11.8 Å². The average molecular weight is 331 g/mol. The van der Waals surface area contributed by atoms with E-state index in [1.807, 2.05) is 0 Å². The highest BCUT2D eigenvalue weighted by Gasteiger charge is 2.39. The van der Waals surface area contributed by atoms with Crippen molar-refractivity contribution in [1.82, 2.24) is 5.32 Å². The van der Waals surface area contributed by atoms with Gasteiger partial charge in [-0.2, -0.15) is 0 Å². The summed E-state index contributed by atoms with van der Waals surface area (Å²) in [7, 11) is 0. The number of carbonyl (C=O) groups is 2. The van der Waals surface area contributed by atoms with E-state index >= 15 is 0 Å². The Bertz CT molecular complexity index is 644.